The molecule has 1 rings (SSSR count). The zero-order valence-corrected chi connectivity index (χ0v) is 7.13. The Morgan fingerprint density at radius 2 is 1.25 bits per heavy atom. The third-order valence-electron chi connectivity index (χ3n) is 1.69. The van der Waals surface area contributed by atoms with Gasteiger partial charge < -0.3 is 0 Å². The van der Waals surface area contributed by atoms with Crippen LogP contribution < -0.4 is 0 Å². The molecular weight excluding hydrogens is 152 g/mol. The fraction of sp³-hybridized carbons (Fsp3) is 0.200. The summed E-state index contributed by atoms with van der Waals surface area (Å²) in [6, 6.07) is 6.84. The number of carbonyl (C=O) groups is 2. The molecule has 1 aromatic rings. The van der Waals surface area contributed by atoms with Crippen molar-refractivity contribution in [2.24, 2.45) is 0 Å². The molecule has 2 heteroatoms. The van der Waals surface area contributed by atoms with Crippen LogP contribution in [-0.2, 0) is 0 Å². The Hall–Kier alpha value is -1.44. The van der Waals surface area contributed by atoms with Crippen molar-refractivity contribution in [2.75, 3.05) is 0 Å². The number of carbonyl (C=O) groups excluding carboxylic acids is 2. The molecule has 0 saturated heterocycles. The number of ketones is 2. The standard InChI is InChI=1S/C10H10O2/c1-7(11)9-5-3-4-6-10(9)8(2)12/h3-6H,1-2H3. The van der Waals surface area contributed by atoms with E-state index in [2.05, 4.69) is 0 Å². The molecule has 0 bridgehead atoms. The first-order valence-electron chi connectivity index (χ1n) is 3.74. The van der Waals surface area contributed by atoms with Crippen molar-refractivity contribution in [1.29, 1.82) is 0 Å². The fourth-order valence-electron chi connectivity index (χ4n) is 1.10. The third kappa shape index (κ3) is 1.59. The van der Waals surface area contributed by atoms with Gasteiger partial charge in [0.25, 0.3) is 0 Å². The van der Waals surface area contributed by atoms with E-state index in [1.165, 1.54) is 13.8 Å². The summed E-state index contributed by atoms with van der Waals surface area (Å²) < 4.78 is 0. The van der Waals surface area contributed by atoms with Gasteiger partial charge in [-0.15, -0.1) is 0 Å². The van der Waals surface area contributed by atoms with Crippen molar-refractivity contribution in [1.82, 2.24) is 0 Å². The molecule has 0 spiro atoms. The van der Waals surface area contributed by atoms with Crippen LogP contribution in [0.2, 0.25) is 0 Å². The molecule has 0 atom stereocenters. The number of Topliss-reactive ketones (excluding diaryl/α,β-unsaturated/α-hetero) is 2. The Balaban J connectivity index is 3.27. The van der Waals surface area contributed by atoms with Crippen LogP contribution in [-0.4, -0.2) is 11.6 Å². The Bertz CT molecular complexity index is 293. The van der Waals surface area contributed by atoms with Gasteiger partial charge in [-0.05, 0) is 13.8 Å². The number of hydrogen-bond donors (Lipinski definition) is 0. The summed E-state index contributed by atoms with van der Waals surface area (Å²) >= 11 is 0. The van der Waals surface area contributed by atoms with Crippen LogP contribution >= 0.6 is 0 Å². The second-order valence-electron chi connectivity index (χ2n) is 2.66. The van der Waals surface area contributed by atoms with Crippen LogP contribution in [0.4, 0.5) is 0 Å². The molecule has 0 saturated carbocycles. The van der Waals surface area contributed by atoms with E-state index in [4.69, 9.17) is 0 Å². The summed E-state index contributed by atoms with van der Waals surface area (Å²) in [4.78, 5) is 22.0. The van der Waals surface area contributed by atoms with Gasteiger partial charge >= 0.3 is 0 Å². The van der Waals surface area contributed by atoms with E-state index in [9.17, 15) is 9.59 Å². The molecule has 12 heavy (non-hydrogen) atoms. The van der Waals surface area contributed by atoms with E-state index >= 15 is 0 Å². The molecule has 0 aliphatic heterocycles. The lowest BCUT2D eigenvalue weighted by molar-refractivity contribution is 0.0981. The molecule has 62 valence electrons. The normalized spacial score (nSPS) is 9.50. The maximum Gasteiger partial charge on any atom is 0.160 e. The van der Waals surface area contributed by atoms with Gasteiger partial charge in [0.1, 0.15) is 0 Å². The fourth-order valence-corrected chi connectivity index (χ4v) is 1.10. The first-order chi connectivity index (χ1) is 5.63. The molecule has 0 aliphatic carbocycles. The minimum Gasteiger partial charge on any atom is -0.294 e. The molecule has 1 aromatic carbocycles. The minimum absolute atomic E-state index is 0.0687. The summed E-state index contributed by atoms with van der Waals surface area (Å²) in [6.45, 7) is 2.92. The highest BCUT2D eigenvalue weighted by Gasteiger charge is 2.08. The molecule has 0 heterocycles. The van der Waals surface area contributed by atoms with Crippen LogP contribution in [0.1, 0.15) is 34.6 Å². The first-order valence-corrected chi connectivity index (χ1v) is 3.74. The molecule has 0 aliphatic rings. The summed E-state index contributed by atoms with van der Waals surface area (Å²) in [5, 5.41) is 0. The van der Waals surface area contributed by atoms with Gasteiger partial charge in [-0.1, -0.05) is 24.3 Å². The van der Waals surface area contributed by atoms with Crippen molar-refractivity contribution < 1.29 is 9.59 Å². The van der Waals surface area contributed by atoms with Crippen molar-refractivity contribution in [3.63, 3.8) is 0 Å². The van der Waals surface area contributed by atoms with Crippen molar-refractivity contribution >= 4 is 11.6 Å². The van der Waals surface area contributed by atoms with Gasteiger partial charge in [0.15, 0.2) is 11.6 Å². The van der Waals surface area contributed by atoms with E-state index in [1.807, 2.05) is 0 Å². The van der Waals surface area contributed by atoms with E-state index in [0.29, 0.717) is 11.1 Å². The summed E-state index contributed by atoms with van der Waals surface area (Å²) in [7, 11) is 0. The Morgan fingerprint density at radius 3 is 1.50 bits per heavy atom. The topological polar surface area (TPSA) is 34.1 Å². The smallest absolute Gasteiger partial charge is 0.160 e. The van der Waals surface area contributed by atoms with Crippen LogP contribution in [0.25, 0.3) is 0 Å². The molecule has 0 radical (unpaired) electrons. The van der Waals surface area contributed by atoms with Crippen molar-refractivity contribution in [2.45, 2.75) is 13.8 Å². The molecule has 0 N–H and O–H groups in total. The Morgan fingerprint density at radius 1 is 0.917 bits per heavy atom. The highest BCUT2D eigenvalue weighted by atomic mass is 16.1. The average Bonchev–Trinajstić information content (AvgIpc) is 2.04. The molecule has 0 amide bonds. The molecule has 0 aromatic heterocycles. The van der Waals surface area contributed by atoms with E-state index in [0.717, 1.165) is 0 Å². The lowest BCUT2D eigenvalue weighted by Crippen LogP contribution is -2.02. The van der Waals surface area contributed by atoms with Crippen LogP contribution in [0.3, 0.4) is 0 Å². The number of rotatable bonds is 2. The number of benzene rings is 1. The van der Waals surface area contributed by atoms with Gasteiger partial charge in [-0.25, -0.2) is 0 Å². The van der Waals surface area contributed by atoms with E-state index < -0.39 is 0 Å². The van der Waals surface area contributed by atoms with Gasteiger partial charge in [-0.3, -0.25) is 9.59 Å². The van der Waals surface area contributed by atoms with Gasteiger partial charge in [0.2, 0.25) is 0 Å². The van der Waals surface area contributed by atoms with Crippen LogP contribution in [0.15, 0.2) is 24.3 Å². The van der Waals surface area contributed by atoms with Crippen LogP contribution in [0, 0.1) is 0 Å². The van der Waals surface area contributed by atoms with Gasteiger partial charge in [-0.2, -0.15) is 0 Å². The predicted molar refractivity (Wildman–Crippen MR) is 46.5 cm³/mol. The monoisotopic (exact) mass is 162 g/mol. The minimum atomic E-state index is -0.0687. The second-order valence-corrected chi connectivity index (χ2v) is 2.66. The van der Waals surface area contributed by atoms with Crippen molar-refractivity contribution in [3.05, 3.63) is 35.4 Å². The molecule has 0 fully saturated rings. The van der Waals surface area contributed by atoms with E-state index in [-0.39, 0.29) is 11.6 Å². The molecular formula is C10H10O2. The predicted octanol–water partition coefficient (Wildman–Crippen LogP) is 2.09. The Kier molecular flexibility index (Phi) is 2.38. The van der Waals surface area contributed by atoms with Gasteiger partial charge in [0.05, 0.1) is 0 Å². The highest BCUT2D eigenvalue weighted by Crippen LogP contribution is 2.09. The Labute approximate surface area is 71.2 Å². The lowest BCUT2D eigenvalue weighted by Gasteiger charge is -2.00. The van der Waals surface area contributed by atoms with E-state index in [1.54, 1.807) is 24.3 Å². The van der Waals surface area contributed by atoms with Crippen LogP contribution in [0.5, 0.6) is 0 Å². The maximum atomic E-state index is 11.0. The largest absolute Gasteiger partial charge is 0.294 e. The first kappa shape index (κ1) is 8.65. The number of hydrogen-bond acceptors (Lipinski definition) is 2. The summed E-state index contributed by atoms with van der Waals surface area (Å²) in [6.07, 6.45) is 0. The third-order valence-corrected chi connectivity index (χ3v) is 1.69. The quantitative estimate of drug-likeness (QED) is 0.624. The lowest BCUT2D eigenvalue weighted by atomic mass is 10.0. The second kappa shape index (κ2) is 3.30. The van der Waals surface area contributed by atoms with Crippen molar-refractivity contribution in [3.8, 4) is 0 Å². The highest BCUT2D eigenvalue weighted by molar-refractivity contribution is 6.07. The zero-order valence-electron chi connectivity index (χ0n) is 7.13. The SMILES string of the molecule is CC(=O)c1ccccc1C(C)=O. The zero-order chi connectivity index (χ0) is 9.14. The summed E-state index contributed by atoms with van der Waals surface area (Å²) in [5.41, 5.74) is 1.01. The maximum absolute atomic E-state index is 11.0. The molecule has 0 unspecified atom stereocenters. The summed E-state index contributed by atoms with van der Waals surface area (Å²) in [5.74, 6) is -0.137. The van der Waals surface area contributed by atoms with Gasteiger partial charge in [0, 0.05) is 11.1 Å². The molecule has 2 nitrogen and oxygen atoms in total. The average molecular weight is 162 g/mol.